The molecule has 1 fully saturated rings. The van der Waals surface area contributed by atoms with Gasteiger partial charge in [-0.15, -0.1) is 10.2 Å². The van der Waals surface area contributed by atoms with Gasteiger partial charge in [-0.2, -0.15) is 0 Å². The summed E-state index contributed by atoms with van der Waals surface area (Å²) in [5.41, 5.74) is 0. The minimum absolute atomic E-state index is 0.821. The van der Waals surface area contributed by atoms with Crippen LogP contribution in [0.15, 0.2) is 4.99 Å². The summed E-state index contributed by atoms with van der Waals surface area (Å²) in [7, 11) is 0. The van der Waals surface area contributed by atoms with Crippen LogP contribution in [0.25, 0.3) is 0 Å². The number of aliphatic imine (C=N–C) groups is 1. The molecule has 0 radical (unpaired) electrons. The summed E-state index contributed by atoms with van der Waals surface area (Å²) in [5, 5.41) is 15.7. The number of hydrogen-bond donors (Lipinski definition) is 2. The Hall–Kier alpha value is -1.63. The van der Waals surface area contributed by atoms with E-state index in [0.717, 1.165) is 63.1 Å². The second-order valence-corrected chi connectivity index (χ2v) is 8.66. The Morgan fingerprint density at radius 3 is 2.76 bits per heavy atom. The lowest BCUT2D eigenvalue weighted by atomic mass is 9.99. The lowest BCUT2D eigenvalue weighted by Crippen LogP contribution is -2.39. The zero-order chi connectivity index (χ0) is 20.3. The first-order chi connectivity index (χ1) is 14.3. The zero-order valence-electron chi connectivity index (χ0n) is 18.6. The van der Waals surface area contributed by atoms with Gasteiger partial charge in [-0.1, -0.05) is 13.3 Å². The van der Waals surface area contributed by atoms with E-state index in [1.165, 1.54) is 64.0 Å². The van der Waals surface area contributed by atoms with E-state index in [2.05, 4.69) is 44.1 Å². The first-order valence-electron chi connectivity index (χ1n) is 11.9. The van der Waals surface area contributed by atoms with Gasteiger partial charge in [0.25, 0.3) is 0 Å². The number of hydrogen-bond acceptors (Lipinski definition) is 4. The average molecular weight is 404 g/mol. The maximum Gasteiger partial charge on any atom is 0.191 e. The fourth-order valence-electron chi connectivity index (χ4n) is 4.30. The van der Waals surface area contributed by atoms with Gasteiger partial charge in [0.15, 0.2) is 5.96 Å². The van der Waals surface area contributed by atoms with Gasteiger partial charge < -0.3 is 20.1 Å². The van der Waals surface area contributed by atoms with Crippen LogP contribution < -0.4 is 10.6 Å². The summed E-state index contributed by atoms with van der Waals surface area (Å²) in [6.45, 7) is 12.0. The Kier molecular flexibility index (Phi) is 9.25. The van der Waals surface area contributed by atoms with E-state index in [-0.39, 0.29) is 0 Å². The quantitative estimate of drug-likeness (QED) is 0.377. The van der Waals surface area contributed by atoms with Crippen LogP contribution >= 0.6 is 0 Å². The topological polar surface area (TPSA) is 70.4 Å². The first-order valence-corrected chi connectivity index (χ1v) is 11.9. The molecule has 29 heavy (non-hydrogen) atoms. The van der Waals surface area contributed by atoms with Crippen molar-refractivity contribution in [3.63, 3.8) is 0 Å². The molecule has 1 saturated heterocycles. The van der Waals surface area contributed by atoms with Gasteiger partial charge in [0.1, 0.15) is 11.6 Å². The van der Waals surface area contributed by atoms with Crippen molar-refractivity contribution in [2.24, 2.45) is 10.9 Å². The van der Waals surface area contributed by atoms with E-state index in [0.29, 0.717) is 0 Å². The molecule has 0 bridgehead atoms. The second-order valence-electron chi connectivity index (χ2n) is 8.66. The number of likely N-dealkylation sites (tertiary alicyclic amines) is 1. The number of aromatic nitrogens is 3. The van der Waals surface area contributed by atoms with Gasteiger partial charge in [0.05, 0.1) is 0 Å². The second kappa shape index (κ2) is 12.2. The van der Waals surface area contributed by atoms with Crippen molar-refractivity contribution in [1.29, 1.82) is 0 Å². The van der Waals surface area contributed by atoms with E-state index in [1.807, 2.05) is 0 Å². The number of rotatable bonds is 9. The molecular weight excluding hydrogens is 362 g/mol. The Morgan fingerprint density at radius 2 is 1.93 bits per heavy atom. The van der Waals surface area contributed by atoms with Gasteiger partial charge in [0, 0.05) is 39.0 Å². The van der Waals surface area contributed by atoms with E-state index in [1.54, 1.807) is 0 Å². The van der Waals surface area contributed by atoms with Crippen LogP contribution in [-0.4, -0.2) is 64.9 Å². The van der Waals surface area contributed by atoms with E-state index in [9.17, 15) is 0 Å². The summed E-state index contributed by atoms with van der Waals surface area (Å²) in [5.74, 6) is 4.18. The highest BCUT2D eigenvalue weighted by Gasteiger charge is 2.15. The van der Waals surface area contributed by atoms with Gasteiger partial charge >= 0.3 is 0 Å². The van der Waals surface area contributed by atoms with Crippen molar-refractivity contribution in [2.75, 3.05) is 39.3 Å². The number of piperidine rings is 1. The van der Waals surface area contributed by atoms with Crippen molar-refractivity contribution in [3.05, 3.63) is 11.6 Å². The molecule has 0 aliphatic carbocycles. The van der Waals surface area contributed by atoms with Crippen molar-refractivity contribution < 1.29 is 0 Å². The summed E-state index contributed by atoms with van der Waals surface area (Å²) in [6, 6.07) is 0. The third kappa shape index (κ3) is 7.28. The predicted molar refractivity (Wildman–Crippen MR) is 119 cm³/mol. The lowest BCUT2D eigenvalue weighted by Gasteiger charge is -2.30. The summed E-state index contributed by atoms with van der Waals surface area (Å²) < 4.78 is 2.35. The predicted octanol–water partition coefficient (Wildman–Crippen LogP) is 2.61. The Balaban J connectivity index is 1.35. The molecule has 7 nitrogen and oxygen atoms in total. The Bertz CT molecular complexity index is 617. The first kappa shape index (κ1) is 22.1. The average Bonchev–Trinajstić information content (AvgIpc) is 2.95. The number of nitrogens with zero attached hydrogens (tertiary/aromatic N) is 5. The van der Waals surface area contributed by atoms with Crippen molar-refractivity contribution in [3.8, 4) is 0 Å². The highest BCUT2D eigenvalue weighted by molar-refractivity contribution is 5.79. The highest BCUT2D eigenvalue weighted by Crippen LogP contribution is 2.16. The normalized spacial score (nSPS) is 19.0. The molecule has 0 amide bonds. The van der Waals surface area contributed by atoms with E-state index >= 15 is 0 Å². The van der Waals surface area contributed by atoms with Gasteiger partial charge in [0.2, 0.25) is 0 Å². The third-order valence-electron chi connectivity index (χ3n) is 6.18. The SMILES string of the molecule is CCNC(=NCCCc1nnc2n1CCCCC2)NCCCN1CCC(C)CC1. The Morgan fingerprint density at radius 1 is 1.07 bits per heavy atom. The fourth-order valence-corrected chi connectivity index (χ4v) is 4.30. The minimum Gasteiger partial charge on any atom is -0.357 e. The molecule has 2 aliphatic rings. The number of aryl methyl sites for hydroxylation is 2. The molecule has 0 aromatic carbocycles. The summed E-state index contributed by atoms with van der Waals surface area (Å²) in [6.07, 6.45) is 10.7. The molecule has 3 heterocycles. The standard InChI is InChI=1S/C22H41N7/c1-3-23-22(25-14-8-15-28-17-11-19(2)12-18-28)24-13-7-10-21-27-26-20-9-5-4-6-16-29(20)21/h19H,3-18H2,1-2H3,(H2,23,24,25). The minimum atomic E-state index is 0.821. The zero-order valence-corrected chi connectivity index (χ0v) is 18.6. The molecule has 0 unspecified atom stereocenters. The fraction of sp³-hybridized carbons (Fsp3) is 0.864. The largest absolute Gasteiger partial charge is 0.357 e. The van der Waals surface area contributed by atoms with Gasteiger partial charge in [-0.05, 0) is 71.0 Å². The molecule has 1 aromatic heterocycles. The van der Waals surface area contributed by atoms with Crippen molar-refractivity contribution >= 4 is 5.96 Å². The molecule has 3 rings (SSSR count). The third-order valence-corrected chi connectivity index (χ3v) is 6.18. The van der Waals surface area contributed by atoms with Crippen LogP contribution in [0.2, 0.25) is 0 Å². The monoisotopic (exact) mass is 403 g/mol. The summed E-state index contributed by atoms with van der Waals surface area (Å²) in [4.78, 5) is 7.37. The van der Waals surface area contributed by atoms with Crippen LogP contribution in [0.3, 0.4) is 0 Å². The van der Waals surface area contributed by atoms with E-state index < -0.39 is 0 Å². The van der Waals surface area contributed by atoms with Crippen LogP contribution in [-0.2, 0) is 19.4 Å². The number of fused-ring (bicyclic) bond motifs is 1. The molecule has 2 N–H and O–H groups in total. The molecule has 164 valence electrons. The van der Waals surface area contributed by atoms with Crippen LogP contribution in [0.1, 0.15) is 70.4 Å². The summed E-state index contributed by atoms with van der Waals surface area (Å²) >= 11 is 0. The molecule has 1 aromatic rings. The van der Waals surface area contributed by atoms with Gasteiger partial charge in [-0.25, -0.2) is 0 Å². The maximum absolute atomic E-state index is 4.76. The Labute approximate surface area is 176 Å². The molecule has 0 saturated carbocycles. The van der Waals surface area contributed by atoms with Crippen LogP contribution in [0.5, 0.6) is 0 Å². The smallest absolute Gasteiger partial charge is 0.191 e. The number of guanidine groups is 1. The highest BCUT2D eigenvalue weighted by atomic mass is 15.3. The van der Waals surface area contributed by atoms with Crippen LogP contribution in [0, 0.1) is 5.92 Å². The lowest BCUT2D eigenvalue weighted by molar-refractivity contribution is 0.191. The van der Waals surface area contributed by atoms with E-state index in [4.69, 9.17) is 4.99 Å². The maximum atomic E-state index is 4.76. The molecular formula is C22H41N7. The van der Waals surface area contributed by atoms with Crippen molar-refractivity contribution in [1.82, 2.24) is 30.3 Å². The van der Waals surface area contributed by atoms with Crippen LogP contribution in [0.4, 0.5) is 0 Å². The molecule has 2 aliphatic heterocycles. The number of nitrogens with one attached hydrogen (secondary N) is 2. The molecule has 0 spiro atoms. The molecule has 0 atom stereocenters. The molecule has 7 heteroatoms. The van der Waals surface area contributed by atoms with Crippen molar-refractivity contribution in [2.45, 2.75) is 78.2 Å². The van der Waals surface area contributed by atoms with Gasteiger partial charge in [-0.3, -0.25) is 4.99 Å².